The topological polar surface area (TPSA) is 103 Å². The number of ether oxygens (including phenoxy) is 2. The summed E-state index contributed by atoms with van der Waals surface area (Å²) in [6, 6.07) is 8.50. The number of nitrogens with zero attached hydrogens (tertiary/aromatic N) is 4. The number of carbonyl (C=O) groups is 2. The van der Waals surface area contributed by atoms with Crippen molar-refractivity contribution >= 4 is 33.9 Å². The van der Waals surface area contributed by atoms with E-state index in [2.05, 4.69) is 10.1 Å². The number of para-hydroxylation sites is 2. The Morgan fingerprint density at radius 2 is 2.10 bits per heavy atom. The predicted molar refractivity (Wildman–Crippen MR) is 110 cm³/mol. The van der Waals surface area contributed by atoms with E-state index < -0.39 is 12.1 Å². The van der Waals surface area contributed by atoms with Gasteiger partial charge >= 0.3 is 5.97 Å². The van der Waals surface area contributed by atoms with Gasteiger partial charge in [0.1, 0.15) is 17.4 Å². The summed E-state index contributed by atoms with van der Waals surface area (Å²) in [5.74, 6) is -0.0921. The third-order valence-corrected chi connectivity index (χ3v) is 5.69. The van der Waals surface area contributed by atoms with E-state index >= 15 is 0 Å². The van der Waals surface area contributed by atoms with Crippen molar-refractivity contribution in [3.63, 3.8) is 0 Å². The molecule has 1 amide bonds. The summed E-state index contributed by atoms with van der Waals surface area (Å²) in [6.45, 7) is 3.68. The van der Waals surface area contributed by atoms with Crippen molar-refractivity contribution in [3.8, 4) is 5.75 Å². The van der Waals surface area contributed by atoms with E-state index in [0.717, 1.165) is 5.01 Å². The van der Waals surface area contributed by atoms with Gasteiger partial charge in [-0.05, 0) is 25.5 Å². The number of rotatable bonds is 6. The molecule has 0 saturated heterocycles. The molecule has 10 heteroatoms. The number of amides is 1. The van der Waals surface area contributed by atoms with Gasteiger partial charge in [0.2, 0.25) is 4.96 Å². The molecule has 2 aromatic heterocycles. The van der Waals surface area contributed by atoms with E-state index in [1.807, 2.05) is 13.0 Å². The number of carbonyl (C=O) groups excluding carboxylic acids is 2. The van der Waals surface area contributed by atoms with Crippen molar-refractivity contribution in [2.24, 2.45) is 0 Å². The van der Waals surface area contributed by atoms with Crippen molar-refractivity contribution in [2.75, 3.05) is 11.4 Å². The molecule has 30 heavy (non-hydrogen) atoms. The maximum absolute atomic E-state index is 12.5. The highest BCUT2D eigenvalue weighted by Gasteiger charge is 2.31. The number of anilines is 1. The molecule has 0 fully saturated rings. The molecular formula is C20H20N4O5S. The minimum Gasteiger partial charge on any atom is -0.479 e. The standard InChI is InChI=1S/C20H20N4O5S/c1-3-16-22-24-17(25)10-13(21-20(24)30-16)11-28-18(26)8-9-23-14-6-4-5-7-15(14)29-12(2)19(23)27/h4-7,10,12H,3,8-9,11H2,1-2H3. The van der Waals surface area contributed by atoms with Crippen LogP contribution in [0, 0.1) is 0 Å². The zero-order chi connectivity index (χ0) is 21.3. The molecule has 1 unspecified atom stereocenters. The van der Waals surface area contributed by atoms with Gasteiger partial charge in [-0.25, -0.2) is 4.98 Å². The number of hydrogen-bond donors (Lipinski definition) is 0. The molecule has 1 aliphatic rings. The third kappa shape index (κ3) is 3.90. The van der Waals surface area contributed by atoms with Gasteiger partial charge in [-0.3, -0.25) is 14.4 Å². The summed E-state index contributed by atoms with van der Waals surface area (Å²) in [4.78, 5) is 43.2. The molecule has 0 bridgehead atoms. The zero-order valence-corrected chi connectivity index (χ0v) is 17.3. The molecule has 0 radical (unpaired) electrons. The smallest absolute Gasteiger partial charge is 0.307 e. The predicted octanol–water partition coefficient (Wildman–Crippen LogP) is 1.96. The van der Waals surface area contributed by atoms with Crippen LogP contribution >= 0.6 is 11.3 Å². The molecule has 0 spiro atoms. The molecule has 1 aliphatic heterocycles. The Hall–Kier alpha value is -3.27. The van der Waals surface area contributed by atoms with Crippen LogP contribution in [0.4, 0.5) is 5.69 Å². The van der Waals surface area contributed by atoms with Gasteiger partial charge in [0.05, 0.1) is 17.8 Å². The van der Waals surface area contributed by atoms with Gasteiger partial charge < -0.3 is 14.4 Å². The number of esters is 1. The molecule has 0 saturated carbocycles. The third-order valence-electron chi connectivity index (χ3n) is 4.64. The van der Waals surface area contributed by atoms with Gasteiger partial charge in [-0.1, -0.05) is 30.4 Å². The highest BCUT2D eigenvalue weighted by Crippen LogP contribution is 2.33. The van der Waals surface area contributed by atoms with Crippen molar-refractivity contribution in [1.82, 2.24) is 14.6 Å². The Morgan fingerprint density at radius 3 is 2.90 bits per heavy atom. The summed E-state index contributed by atoms with van der Waals surface area (Å²) >= 11 is 1.33. The highest BCUT2D eigenvalue weighted by molar-refractivity contribution is 7.16. The van der Waals surface area contributed by atoms with E-state index in [0.29, 0.717) is 28.5 Å². The summed E-state index contributed by atoms with van der Waals surface area (Å²) in [5.41, 5.74) is 0.679. The molecule has 3 heterocycles. The fourth-order valence-electron chi connectivity index (χ4n) is 3.13. The Morgan fingerprint density at radius 1 is 1.30 bits per heavy atom. The van der Waals surface area contributed by atoms with Gasteiger partial charge in [0.25, 0.3) is 11.5 Å². The molecule has 0 N–H and O–H groups in total. The molecule has 0 aliphatic carbocycles. The number of aryl methyl sites for hydroxylation is 1. The first-order chi connectivity index (χ1) is 14.5. The van der Waals surface area contributed by atoms with Crippen LogP contribution < -0.4 is 15.2 Å². The molecule has 156 valence electrons. The maximum atomic E-state index is 12.5. The lowest BCUT2D eigenvalue weighted by Gasteiger charge is -2.32. The molecule has 1 aromatic carbocycles. The second kappa shape index (κ2) is 8.23. The minimum absolute atomic E-state index is 0.00849. The molecule has 4 rings (SSSR count). The Labute approximate surface area is 175 Å². The van der Waals surface area contributed by atoms with Crippen LogP contribution in [-0.2, 0) is 27.4 Å². The van der Waals surface area contributed by atoms with Gasteiger partial charge in [-0.15, -0.1) is 0 Å². The highest BCUT2D eigenvalue weighted by atomic mass is 32.1. The van der Waals surface area contributed by atoms with E-state index in [1.54, 1.807) is 25.1 Å². The van der Waals surface area contributed by atoms with Crippen LogP contribution in [-0.4, -0.2) is 39.1 Å². The van der Waals surface area contributed by atoms with Gasteiger partial charge in [0.15, 0.2) is 6.10 Å². The van der Waals surface area contributed by atoms with Crippen molar-refractivity contribution in [1.29, 1.82) is 0 Å². The second-order valence-electron chi connectivity index (χ2n) is 6.76. The normalized spacial score (nSPS) is 15.7. The fourth-order valence-corrected chi connectivity index (χ4v) is 3.99. The van der Waals surface area contributed by atoms with Crippen LogP contribution in [0.3, 0.4) is 0 Å². The zero-order valence-electron chi connectivity index (χ0n) is 16.5. The van der Waals surface area contributed by atoms with Crippen LogP contribution in [0.1, 0.15) is 31.0 Å². The first kappa shape index (κ1) is 20.0. The van der Waals surface area contributed by atoms with Crippen molar-refractivity contribution < 1.29 is 19.1 Å². The maximum Gasteiger partial charge on any atom is 0.307 e. The van der Waals surface area contributed by atoms with E-state index in [1.165, 1.54) is 26.8 Å². The molecule has 1 atom stereocenters. The Balaban J connectivity index is 1.39. The number of fused-ring (bicyclic) bond motifs is 2. The van der Waals surface area contributed by atoms with E-state index in [-0.39, 0.29) is 31.0 Å². The SMILES string of the molecule is CCc1nn2c(=O)cc(COC(=O)CCN3C(=O)C(C)Oc4ccccc43)nc2s1. The first-order valence-corrected chi connectivity index (χ1v) is 10.4. The average molecular weight is 428 g/mol. The lowest BCUT2D eigenvalue weighted by molar-refractivity contribution is -0.144. The number of aromatic nitrogens is 3. The molecular weight excluding hydrogens is 408 g/mol. The van der Waals surface area contributed by atoms with E-state index in [4.69, 9.17) is 9.47 Å². The summed E-state index contributed by atoms with van der Waals surface area (Å²) in [6.07, 6.45) is 0.0983. The fraction of sp³-hybridized carbons (Fsp3) is 0.350. The number of benzene rings is 1. The minimum atomic E-state index is -0.618. The summed E-state index contributed by atoms with van der Waals surface area (Å²) in [7, 11) is 0. The average Bonchev–Trinajstić information content (AvgIpc) is 3.16. The van der Waals surface area contributed by atoms with Crippen molar-refractivity contribution in [2.45, 2.75) is 39.4 Å². The van der Waals surface area contributed by atoms with Gasteiger partial charge in [-0.2, -0.15) is 9.61 Å². The first-order valence-electron chi connectivity index (χ1n) is 9.57. The summed E-state index contributed by atoms with van der Waals surface area (Å²) < 4.78 is 12.1. The van der Waals surface area contributed by atoms with E-state index in [9.17, 15) is 14.4 Å². The molecule has 9 nitrogen and oxygen atoms in total. The van der Waals surface area contributed by atoms with Crippen LogP contribution in [0.25, 0.3) is 4.96 Å². The largest absolute Gasteiger partial charge is 0.479 e. The Bertz CT molecular complexity index is 1170. The second-order valence-corrected chi connectivity index (χ2v) is 7.80. The number of hydrogen-bond acceptors (Lipinski definition) is 8. The molecule has 3 aromatic rings. The quantitative estimate of drug-likeness (QED) is 0.553. The Kier molecular flexibility index (Phi) is 5.49. The monoisotopic (exact) mass is 428 g/mol. The van der Waals surface area contributed by atoms with Crippen LogP contribution in [0.15, 0.2) is 35.1 Å². The lowest BCUT2D eigenvalue weighted by Crippen LogP contribution is -2.45. The van der Waals surface area contributed by atoms with Crippen LogP contribution in [0.2, 0.25) is 0 Å². The van der Waals surface area contributed by atoms with Crippen molar-refractivity contribution in [3.05, 3.63) is 51.4 Å². The lowest BCUT2D eigenvalue weighted by atomic mass is 10.2. The van der Waals surface area contributed by atoms with Crippen LogP contribution in [0.5, 0.6) is 5.75 Å². The van der Waals surface area contributed by atoms with Gasteiger partial charge in [0, 0.05) is 12.6 Å². The summed E-state index contributed by atoms with van der Waals surface area (Å²) in [5, 5.41) is 4.99.